The standard InChI is InChI=1S/C24H25N5O2.C19H21ClN4O2/c1-16(2)14-26-21-13-20(17-7-9-25-10-8-17)28-29-22(15-27-23(21)29)18-3-5-19(6-4-18)24-30-11-12-31-24;1-12(2)10-21-15-9-17(20)23-24-16(11-22-18(15)24)13-3-5-14(6-4-13)19-25-7-8-26-19/h3-10,13,15-16,24,26H,11-12,14H2,1-2H3;3-6,9,11-12,19,21H,7-8,10H2,1-2H3. The molecule has 7 heterocycles. The molecule has 2 aliphatic rings. The van der Waals surface area contributed by atoms with Gasteiger partial charge in [-0.05, 0) is 30.0 Å². The van der Waals surface area contributed by atoms with E-state index in [0.29, 0.717) is 43.4 Å². The van der Waals surface area contributed by atoms with Gasteiger partial charge < -0.3 is 29.6 Å². The maximum Gasteiger partial charge on any atom is 0.184 e. The largest absolute Gasteiger partial charge is 0.382 e. The van der Waals surface area contributed by atoms with Crippen LogP contribution >= 0.6 is 11.6 Å². The Kier molecular flexibility index (Phi) is 11.7. The summed E-state index contributed by atoms with van der Waals surface area (Å²) in [5.74, 6) is 1.03. The molecule has 57 heavy (non-hydrogen) atoms. The maximum absolute atomic E-state index is 6.23. The molecule has 9 rings (SSSR count). The molecule has 0 spiro atoms. The smallest absolute Gasteiger partial charge is 0.184 e. The van der Waals surface area contributed by atoms with Crippen molar-refractivity contribution in [2.45, 2.75) is 40.3 Å². The zero-order chi connectivity index (χ0) is 39.3. The fourth-order valence-corrected chi connectivity index (χ4v) is 6.76. The second kappa shape index (κ2) is 17.4. The van der Waals surface area contributed by atoms with Crippen LogP contribution in [0.3, 0.4) is 0 Å². The van der Waals surface area contributed by atoms with Crippen LogP contribution in [0.15, 0.2) is 97.6 Å². The number of hydrogen-bond donors (Lipinski definition) is 2. The van der Waals surface area contributed by atoms with E-state index in [-0.39, 0.29) is 12.6 Å². The van der Waals surface area contributed by atoms with E-state index in [1.54, 1.807) is 16.9 Å². The Morgan fingerprint density at radius 1 is 0.614 bits per heavy atom. The first kappa shape index (κ1) is 38.4. The highest BCUT2D eigenvalue weighted by atomic mass is 35.5. The van der Waals surface area contributed by atoms with E-state index >= 15 is 0 Å². The molecule has 0 radical (unpaired) electrons. The Hall–Kier alpha value is -5.44. The van der Waals surface area contributed by atoms with Crippen LogP contribution in [-0.4, -0.2) is 73.7 Å². The molecular weight excluding hydrogens is 742 g/mol. The minimum absolute atomic E-state index is 0.273. The van der Waals surface area contributed by atoms with Crippen molar-refractivity contribution in [3.63, 3.8) is 0 Å². The summed E-state index contributed by atoms with van der Waals surface area (Å²) in [5.41, 5.74) is 11.2. The summed E-state index contributed by atoms with van der Waals surface area (Å²) < 4.78 is 26.0. The average molecular weight is 788 g/mol. The fraction of sp³-hybridized carbons (Fsp3) is 0.326. The molecule has 5 aromatic heterocycles. The van der Waals surface area contributed by atoms with Crippen molar-refractivity contribution in [3.8, 4) is 33.8 Å². The molecule has 0 bridgehead atoms. The van der Waals surface area contributed by atoms with E-state index < -0.39 is 0 Å². The van der Waals surface area contributed by atoms with Gasteiger partial charge in [0.05, 0.1) is 67.3 Å². The van der Waals surface area contributed by atoms with E-state index in [1.165, 1.54) is 0 Å². The number of benzene rings is 2. The van der Waals surface area contributed by atoms with E-state index in [0.717, 1.165) is 80.7 Å². The van der Waals surface area contributed by atoms with Crippen molar-refractivity contribution < 1.29 is 18.9 Å². The first-order valence-electron chi connectivity index (χ1n) is 19.3. The lowest BCUT2D eigenvalue weighted by Crippen LogP contribution is -2.10. The van der Waals surface area contributed by atoms with Gasteiger partial charge >= 0.3 is 0 Å². The Morgan fingerprint density at radius 2 is 1.07 bits per heavy atom. The maximum atomic E-state index is 6.23. The van der Waals surface area contributed by atoms with Gasteiger partial charge in [0.1, 0.15) is 0 Å². The number of rotatable bonds is 11. The van der Waals surface area contributed by atoms with Gasteiger partial charge in [0.2, 0.25) is 0 Å². The number of hydrogen-bond acceptors (Lipinski definition) is 11. The first-order valence-corrected chi connectivity index (χ1v) is 19.7. The molecule has 13 nitrogen and oxygen atoms in total. The van der Waals surface area contributed by atoms with Crippen molar-refractivity contribution in [1.82, 2.24) is 34.2 Å². The van der Waals surface area contributed by atoms with Gasteiger partial charge in [0.15, 0.2) is 29.0 Å². The zero-order valence-corrected chi connectivity index (χ0v) is 33.2. The third-order valence-electron chi connectivity index (χ3n) is 9.48. The number of halogens is 1. The molecule has 2 aromatic carbocycles. The minimum Gasteiger partial charge on any atom is -0.382 e. The molecule has 0 saturated carbocycles. The Labute approximate surface area is 336 Å². The van der Waals surface area contributed by atoms with Gasteiger partial charge in [-0.2, -0.15) is 10.2 Å². The van der Waals surface area contributed by atoms with Gasteiger partial charge in [-0.25, -0.2) is 19.0 Å². The van der Waals surface area contributed by atoms with Crippen molar-refractivity contribution in [2.75, 3.05) is 50.2 Å². The molecule has 0 atom stereocenters. The predicted molar refractivity (Wildman–Crippen MR) is 221 cm³/mol. The summed E-state index contributed by atoms with van der Waals surface area (Å²) in [6.07, 6.45) is 6.70. The van der Waals surface area contributed by atoms with Crippen LogP contribution in [0.25, 0.3) is 45.1 Å². The highest BCUT2D eigenvalue weighted by Crippen LogP contribution is 2.32. The van der Waals surface area contributed by atoms with Gasteiger partial charge in [-0.1, -0.05) is 87.8 Å². The molecule has 2 fully saturated rings. The Balaban J connectivity index is 0.000000162. The normalized spacial score (nSPS) is 14.9. The number of imidazole rings is 2. The minimum atomic E-state index is -0.278. The van der Waals surface area contributed by atoms with Crippen molar-refractivity contribution >= 4 is 34.3 Å². The number of nitrogens with zero attached hydrogens (tertiary/aromatic N) is 7. The molecule has 2 saturated heterocycles. The second-order valence-corrected chi connectivity index (χ2v) is 15.1. The van der Waals surface area contributed by atoms with Gasteiger partial charge in [0, 0.05) is 59.4 Å². The van der Waals surface area contributed by atoms with E-state index in [4.69, 9.17) is 35.6 Å². The number of aromatic nitrogens is 7. The molecule has 7 aromatic rings. The van der Waals surface area contributed by atoms with Crippen molar-refractivity contribution in [3.05, 3.63) is 114 Å². The summed E-state index contributed by atoms with van der Waals surface area (Å²) in [4.78, 5) is 13.4. The number of nitrogens with one attached hydrogen (secondary N) is 2. The lowest BCUT2D eigenvalue weighted by molar-refractivity contribution is -0.0443. The molecule has 0 amide bonds. The highest BCUT2D eigenvalue weighted by molar-refractivity contribution is 6.29. The summed E-state index contributed by atoms with van der Waals surface area (Å²) in [5, 5.41) is 16.7. The van der Waals surface area contributed by atoms with E-state index in [9.17, 15) is 0 Å². The number of anilines is 2. The SMILES string of the molecule is CC(C)CNc1cc(-c2ccncc2)nn2c(-c3ccc(C4OCCO4)cc3)cnc12.CC(C)CNc1cc(Cl)nn2c(-c3ccc(C4OCCO4)cc3)cnc12. The number of pyridine rings is 1. The molecule has 2 aliphatic heterocycles. The summed E-state index contributed by atoms with van der Waals surface area (Å²) in [6.45, 7) is 12.9. The predicted octanol–water partition coefficient (Wildman–Crippen LogP) is 8.73. The van der Waals surface area contributed by atoms with Crippen LogP contribution in [0, 0.1) is 11.8 Å². The number of fused-ring (bicyclic) bond motifs is 2. The summed E-state index contributed by atoms with van der Waals surface area (Å²) in [7, 11) is 0. The Morgan fingerprint density at radius 3 is 1.54 bits per heavy atom. The van der Waals surface area contributed by atoms with Crippen molar-refractivity contribution in [1.29, 1.82) is 0 Å². The first-order chi connectivity index (χ1) is 27.8. The van der Waals surface area contributed by atoms with E-state index in [2.05, 4.69) is 76.6 Å². The Bertz CT molecular complexity index is 2410. The molecular formula is C43H46ClN9O4. The van der Waals surface area contributed by atoms with Crippen LogP contribution in [-0.2, 0) is 18.9 Å². The van der Waals surface area contributed by atoms with Crippen molar-refractivity contribution in [2.24, 2.45) is 11.8 Å². The lowest BCUT2D eigenvalue weighted by atomic mass is 10.1. The quantitative estimate of drug-likeness (QED) is 0.130. The summed E-state index contributed by atoms with van der Waals surface area (Å²) in [6, 6.07) is 24.1. The van der Waals surface area contributed by atoms with Crippen LogP contribution in [0.4, 0.5) is 11.4 Å². The lowest BCUT2D eigenvalue weighted by Gasteiger charge is -2.13. The molecule has 14 heteroatoms. The van der Waals surface area contributed by atoms with Crippen LogP contribution in [0.1, 0.15) is 51.4 Å². The van der Waals surface area contributed by atoms with Crippen LogP contribution in [0.5, 0.6) is 0 Å². The molecule has 2 N–H and O–H groups in total. The van der Waals surface area contributed by atoms with Gasteiger partial charge in [0.25, 0.3) is 0 Å². The van der Waals surface area contributed by atoms with E-state index in [1.807, 2.05) is 71.5 Å². The molecule has 294 valence electrons. The monoisotopic (exact) mass is 787 g/mol. The van der Waals surface area contributed by atoms with Crippen LogP contribution in [0.2, 0.25) is 5.15 Å². The highest BCUT2D eigenvalue weighted by Gasteiger charge is 2.21. The topological polar surface area (TPSA) is 134 Å². The third kappa shape index (κ3) is 8.78. The number of ether oxygens (including phenoxy) is 4. The molecule has 0 aliphatic carbocycles. The van der Waals surface area contributed by atoms with Gasteiger partial charge in [-0.3, -0.25) is 4.98 Å². The fourth-order valence-electron chi connectivity index (χ4n) is 6.58. The second-order valence-electron chi connectivity index (χ2n) is 14.8. The summed E-state index contributed by atoms with van der Waals surface area (Å²) >= 11 is 6.23. The van der Waals surface area contributed by atoms with Gasteiger partial charge in [-0.15, -0.1) is 0 Å². The average Bonchev–Trinajstić information content (AvgIpc) is 4.08. The molecule has 0 unspecified atom stereocenters. The third-order valence-corrected chi connectivity index (χ3v) is 9.67. The zero-order valence-electron chi connectivity index (χ0n) is 32.4. The van der Waals surface area contributed by atoms with Crippen LogP contribution < -0.4 is 10.6 Å².